The molecule has 0 amide bonds. The molecule has 0 unspecified atom stereocenters. The van der Waals surface area contributed by atoms with Crippen molar-refractivity contribution >= 4 is 5.69 Å². The number of nitrogens with two attached hydrogens (primary N) is 1. The Morgan fingerprint density at radius 2 is 1.47 bits per heavy atom. The number of aromatic nitrogens is 2. The van der Waals surface area contributed by atoms with Crippen LogP contribution in [0.1, 0.15) is 0 Å². The third kappa shape index (κ3) is 2.13. The van der Waals surface area contributed by atoms with Gasteiger partial charge in [-0.25, -0.2) is 0 Å². The Balaban J connectivity index is 2.56. The number of hydrogen-bond acceptors (Lipinski definition) is 5. The highest BCUT2D eigenvalue weighted by atomic mass is 16.5. The molecule has 0 saturated heterocycles. The Labute approximate surface area is 99.2 Å². The van der Waals surface area contributed by atoms with E-state index in [9.17, 15) is 0 Å². The van der Waals surface area contributed by atoms with Gasteiger partial charge in [0.1, 0.15) is 0 Å². The molecule has 5 nitrogen and oxygen atoms in total. The molecule has 2 N–H and O–H groups in total. The third-order valence-electron chi connectivity index (χ3n) is 2.29. The fourth-order valence-electron chi connectivity index (χ4n) is 1.46. The van der Waals surface area contributed by atoms with Crippen molar-refractivity contribution in [2.45, 2.75) is 0 Å². The molecule has 2 rings (SSSR count). The van der Waals surface area contributed by atoms with Crippen LogP contribution in [-0.2, 0) is 0 Å². The maximum atomic E-state index is 5.78. The summed E-state index contributed by atoms with van der Waals surface area (Å²) in [5.41, 5.74) is 6.96. The summed E-state index contributed by atoms with van der Waals surface area (Å²) < 4.78 is 10.2. The van der Waals surface area contributed by atoms with E-state index in [-0.39, 0.29) is 0 Å². The molecule has 5 heteroatoms. The van der Waals surface area contributed by atoms with Crippen molar-refractivity contribution in [2.24, 2.45) is 0 Å². The quantitative estimate of drug-likeness (QED) is 0.871. The summed E-state index contributed by atoms with van der Waals surface area (Å²) >= 11 is 0. The molecule has 1 aromatic heterocycles. The summed E-state index contributed by atoms with van der Waals surface area (Å²) in [6.07, 6.45) is 0. The molecule has 0 radical (unpaired) electrons. The Kier molecular flexibility index (Phi) is 3.09. The van der Waals surface area contributed by atoms with Crippen LogP contribution in [-0.4, -0.2) is 24.2 Å². The molecule has 0 bridgehead atoms. The normalized spacial score (nSPS) is 10.0. The molecule has 2 aromatic rings. The van der Waals surface area contributed by atoms with E-state index in [2.05, 4.69) is 9.97 Å². The number of methoxy groups -OCH3 is 2. The predicted molar refractivity (Wildman–Crippen MR) is 65.0 cm³/mol. The van der Waals surface area contributed by atoms with E-state index in [1.165, 1.54) is 14.2 Å². The molecular formula is C12H13N3O2. The second-order valence-electron chi connectivity index (χ2n) is 3.35. The SMILES string of the molecule is COc1nc(-c2ccccc2)nc(OC)c1N. The number of hydrogen-bond donors (Lipinski definition) is 1. The highest BCUT2D eigenvalue weighted by molar-refractivity contribution is 5.63. The van der Waals surface area contributed by atoms with Gasteiger partial charge < -0.3 is 15.2 Å². The summed E-state index contributed by atoms with van der Waals surface area (Å²) in [5.74, 6) is 1.15. The lowest BCUT2D eigenvalue weighted by atomic mass is 10.2. The number of anilines is 1. The van der Waals surface area contributed by atoms with Crippen molar-refractivity contribution in [3.63, 3.8) is 0 Å². The van der Waals surface area contributed by atoms with Gasteiger partial charge in [0, 0.05) is 5.56 Å². The zero-order valence-corrected chi connectivity index (χ0v) is 9.68. The molecule has 0 saturated carbocycles. The van der Waals surface area contributed by atoms with Crippen LogP contribution in [0.4, 0.5) is 5.69 Å². The van der Waals surface area contributed by atoms with Gasteiger partial charge in [-0.15, -0.1) is 0 Å². The monoisotopic (exact) mass is 231 g/mol. The largest absolute Gasteiger partial charge is 0.479 e. The van der Waals surface area contributed by atoms with E-state index in [4.69, 9.17) is 15.2 Å². The first-order valence-corrected chi connectivity index (χ1v) is 5.07. The standard InChI is InChI=1S/C12H13N3O2/c1-16-11-9(13)12(17-2)15-10(14-11)8-6-4-3-5-7-8/h3-7H,13H2,1-2H3. The van der Waals surface area contributed by atoms with Crippen LogP contribution in [0.3, 0.4) is 0 Å². The average Bonchev–Trinajstić information content (AvgIpc) is 2.40. The predicted octanol–water partition coefficient (Wildman–Crippen LogP) is 1.74. The van der Waals surface area contributed by atoms with E-state index in [0.29, 0.717) is 23.3 Å². The number of rotatable bonds is 3. The first-order valence-electron chi connectivity index (χ1n) is 5.07. The van der Waals surface area contributed by atoms with Crippen LogP contribution in [0.2, 0.25) is 0 Å². The van der Waals surface area contributed by atoms with Crippen molar-refractivity contribution in [2.75, 3.05) is 20.0 Å². The Morgan fingerprint density at radius 1 is 0.941 bits per heavy atom. The van der Waals surface area contributed by atoms with Gasteiger partial charge >= 0.3 is 0 Å². The molecule has 1 aromatic carbocycles. The second-order valence-corrected chi connectivity index (χ2v) is 3.35. The number of ether oxygens (including phenoxy) is 2. The summed E-state index contributed by atoms with van der Waals surface area (Å²) in [5, 5.41) is 0. The molecule has 0 spiro atoms. The molecule has 17 heavy (non-hydrogen) atoms. The van der Waals surface area contributed by atoms with Gasteiger partial charge in [-0.1, -0.05) is 30.3 Å². The zero-order valence-electron chi connectivity index (χ0n) is 9.68. The summed E-state index contributed by atoms with van der Waals surface area (Å²) in [4.78, 5) is 8.46. The topological polar surface area (TPSA) is 70.3 Å². The van der Waals surface area contributed by atoms with Crippen molar-refractivity contribution in [3.05, 3.63) is 30.3 Å². The molecule has 0 aliphatic heterocycles. The first-order chi connectivity index (χ1) is 8.26. The maximum Gasteiger partial charge on any atom is 0.244 e. The van der Waals surface area contributed by atoms with Crippen LogP contribution in [0.25, 0.3) is 11.4 Å². The Bertz CT molecular complexity index is 489. The number of benzene rings is 1. The van der Waals surface area contributed by atoms with Gasteiger partial charge in [-0.3, -0.25) is 0 Å². The zero-order chi connectivity index (χ0) is 12.3. The fourth-order valence-corrected chi connectivity index (χ4v) is 1.46. The van der Waals surface area contributed by atoms with Crippen molar-refractivity contribution in [1.82, 2.24) is 9.97 Å². The fraction of sp³-hybridized carbons (Fsp3) is 0.167. The van der Waals surface area contributed by atoms with E-state index in [1.807, 2.05) is 30.3 Å². The van der Waals surface area contributed by atoms with Gasteiger partial charge in [0.2, 0.25) is 11.8 Å². The molecule has 88 valence electrons. The Morgan fingerprint density at radius 3 is 1.94 bits per heavy atom. The minimum absolute atomic E-state index is 0.301. The highest BCUT2D eigenvalue weighted by Gasteiger charge is 2.13. The molecule has 1 heterocycles. The van der Waals surface area contributed by atoms with Crippen LogP contribution in [0, 0.1) is 0 Å². The molecular weight excluding hydrogens is 218 g/mol. The van der Waals surface area contributed by atoms with Crippen molar-refractivity contribution in [1.29, 1.82) is 0 Å². The average molecular weight is 231 g/mol. The van der Waals surface area contributed by atoms with Gasteiger partial charge in [0.25, 0.3) is 0 Å². The third-order valence-corrected chi connectivity index (χ3v) is 2.29. The van der Waals surface area contributed by atoms with Crippen molar-refractivity contribution < 1.29 is 9.47 Å². The lowest BCUT2D eigenvalue weighted by Crippen LogP contribution is -2.03. The van der Waals surface area contributed by atoms with Crippen molar-refractivity contribution in [3.8, 4) is 23.1 Å². The second kappa shape index (κ2) is 4.69. The lowest BCUT2D eigenvalue weighted by Gasteiger charge is -2.09. The van der Waals surface area contributed by atoms with E-state index < -0.39 is 0 Å². The number of nitrogens with zero attached hydrogens (tertiary/aromatic N) is 2. The van der Waals surface area contributed by atoms with E-state index in [1.54, 1.807) is 0 Å². The van der Waals surface area contributed by atoms with Crippen LogP contribution < -0.4 is 15.2 Å². The van der Waals surface area contributed by atoms with Crippen LogP contribution in [0.5, 0.6) is 11.8 Å². The van der Waals surface area contributed by atoms with Gasteiger partial charge in [-0.05, 0) is 0 Å². The summed E-state index contributed by atoms with van der Waals surface area (Å²) in [6, 6.07) is 9.56. The molecule has 0 aliphatic carbocycles. The molecule has 0 fully saturated rings. The Hall–Kier alpha value is -2.30. The lowest BCUT2D eigenvalue weighted by molar-refractivity contribution is 0.377. The molecule has 0 aliphatic rings. The van der Waals surface area contributed by atoms with E-state index >= 15 is 0 Å². The van der Waals surface area contributed by atoms with Crippen LogP contribution >= 0.6 is 0 Å². The molecule has 0 atom stereocenters. The van der Waals surface area contributed by atoms with Gasteiger partial charge in [0.05, 0.1) is 14.2 Å². The minimum atomic E-state index is 0.301. The minimum Gasteiger partial charge on any atom is -0.479 e. The summed E-state index contributed by atoms with van der Waals surface area (Å²) in [7, 11) is 3.01. The van der Waals surface area contributed by atoms with E-state index in [0.717, 1.165) is 5.56 Å². The van der Waals surface area contributed by atoms with Gasteiger partial charge in [-0.2, -0.15) is 9.97 Å². The first kappa shape index (κ1) is 11.2. The smallest absolute Gasteiger partial charge is 0.244 e. The maximum absolute atomic E-state index is 5.78. The van der Waals surface area contributed by atoms with Crippen LogP contribution in [0.15, 0.2) is 30.3 Å². The number of nitrogen functional groups attached to an aromatic ring is 1. The van der Waals surface area contributed by atoms with Gasteiger partial charge in [0.15, 0.2) is 11.5 Å². The highest BCUT2D eigenvalue weighted by Crippen LogP contribution is 2.30. The summed E-state index contributed by atoms with van der Waals surface area (Å²) in [6.45, 7) is 0.